The molecule has 0 atom stereocenters. The van der Waals surface area contributed by atoms with Gasteiger partial charge in [0.15, 0.2) is 11.5 Å². The van der Waals surface area contributed by atoms with Crippen molar-refractivity contribution in [3.8, 4) is 22.8 Å². The molecule has 1 aromatic carbocycles. The Hall–Kier alpha value is -1.82. The first-order valence-electron chi connectivity index (χ1n) is 5.13. The molecule has 0 radical (unpaired) electrons. The lowest BCUT2D eigenvalue weighted by Crippen LogP contribution is -2.07. The van der Waals surface area contributed by atoms with Gasteiger partial charge in [-0.1, -0.05) is 0 Å². The fraction of sp³-hybridized carbons (Fsp3) is 0.167. The lowest BCUT2D eigenvalue weighted by molar-refractivity contribution is 0.355. The van der Waals surface area contributed by atoms with E-state index in [1.807, 2.05) is 6.07 Å². The normalized spacial score (nSPS) is 10.2. The maximum Gasteiger partial charge on any atom is 0.265 e. The van der Waals surface area contributed by atoms with Crippen LogP contribution in [0.25, 0.3) is 11.3 Å². The molecule has 1 heterocycles. The van der Waals surface area contributed by atoms with Gasteiger partial charge in [0.1, 0.15) is 5.69 Å². The van der Waals surface area contributed by atoms with Gasteiger partial charge in [0.25, 0.3) is 5.56 Å². The number of hydrogen-bond acceptors (Lipinski definition) is 4. The van der Waals surface area contributed by atoms with E-state index in [1.165, 1.54) is 6.07 Å². The van der Waals surface area contributed by atoms with E-state index in [4.69, 9.17) is 9.47 Å². The van der Waals surface area contributed by atoms with Crippen LogP contribution >= 0.6 is 15.9 Å². The summed E-state index contributed by atoms with van der Waals surface area (Å²) >= 11 is 3.31. The molecule has 94 valence electrons. The number of nitrogens with one attached hydrogen (secondary N) is 1. The van der Waals surface area contributed by atoms with Gasteiger partial charge in [0, 0.05) is 11.6 Å². The Labute approximate surface area is 112 Å². The summed E-state index contributed by atoms with van der Waals surface area (Å²) < 4.78 is 11.0. The smallest absolute Gasteiger partial charge is 0.265 e. The highest BCUT2D eigenvalue weighted by Gasteiger charge is 2.10. The summed E-state index contributed by atoms with van der Waals surface area (Å²) in [7, 11) is 3.14. The van der Waals surface area contributed by atoms with E-state index in [9.17, 15) is 4.79 Å². The van der Waals surface area contributed by atoms with Crippen molar-refractivity contribution in [3.63, 3.8) is 0 Å². The molecule has 1 N–H and O–H groups in total. The average Bonchev–Trinajstić information content (AvgIpc) is 2.38. The van der Waals surface area contributed by atoms with Gasteiger partial charge in [-0.05, 0) is 34.1 Å². The topological polar surface area (TPSA) is 64.2 Å². The second kappa shape index (κ2) is 5.22. The van der Waals surface area contributed by atoms with Gasteiger partial charge < -0.3 is 9.47 Å². The summed E-state index contributed by atoms with van der Waals surface area (Å²) in [5.74, 6) is 1.25. The van der Waals surface area contributed by atoms with E-state index in [1.54, 1.807) is 26.4 Å². The molecule has 0 aliphatic rings. The van der Waals surface area contributed by atoms with Crippen molar-refractivity contribution in [3.05, 3.63) is 39.1 Å². The number of ether oxygens (including phenoxy) is 2. The Bertz CT molecular complexity index is 625. The Balaban J connectivity index is 2.54. The average molecular weight is 311 g/mol. The monoisotopic (exact) mass is 310 g/mol. The number of aromatic nitrogens is 2. The van der Waals surface area contributed by atoms with E-state index < -0.39 is 0 Å². The van der Waals surface area contributed by atoms with Crippen LogP contribution in [-0.4, -0.2) is 24.4 Å². The molecule has 0 saturated carbocycles. The molecule has 0 spiro atoms. The van der Waals surface area contributed by atoms with Gasteiger partial charge in [-0.25, -0.2) is 5.10 Å². The SMILES string of the molecule is COc1ccc(-c2n[nH]c(=O)cc2Br)cc1OC. The second-order valence-electron chi connectivity index (χ2n) is 3.50. The molecule has 5 nitrogen and oxygen atoms in total. The second-order valence-corrected chi connectivity index (χ2v) is 4.35. The first-order valence-corrected chi connectivity index (χ1v) is 5.92. The molecule has 0 amide bonds. The van der Waals surface area contributed by atoms with Crippen LogP contribution < -0.4 is 15.0 Å². The zero-order chi connectivity index (χ0) is 13.1. The Morgan fingerprint density at radius 2 is 1.89 bits per heavy atom. The van der Waals surface area contributed by atoms with E-state index in [-0.39, 0.29) is 5.56 Å². The molecular weight excluding hydrogens is 300 g/mol. The number of H-pyrrole nitrogens is 1. The molecule has 0 unspecified atom stereocenters. The number of aromatic amines is 1. The molecule has 0 saturated heterocycles. The number of methoxy groups -OCH3 is 2. The van der Waals surface area contributed by atoms with Gasteiger partial charge in [-0.2, -0.15) is 5.10 Å². The number of hydrogen-bond donors (Lipinski definition) is 1. The van der Waals surface area contributed by atoms with Crippen LogP contribution in [0.4, 0.5) is 0 Å². The van der Waals surface area contributed by atoms with E-state index in [0.29, 0.717) is 21.7 Å². The first kappa shape index (κ1) is 12.6. The zero-order valence-corrected chi connectivity index (χ0v) is 11.4. The highest BCUT2D eigenvalue weighted by atomic mass is 79.9. The van der Waals surface area contributed by atoms with Gasteiger partial charge in [0.2, 0.25) is 0 Å². The number of halogens is 1. The molecule has 2 rings (SSSR count). The Morgan fingerprint density at radius 3 is 2.50 bits per heavy atom. The van der Waals surface area contributed by atoms with Crippen molar-refractivity contribution in [1.29, 1.82) is 0 Å². The number of rotatable bonds is 3. The summed E-state index contributed by atoms with van der Waals surface area (Å²) in [6.45, 7) is 0. The molecule has 2 aromatic rings. The largest absolute Gasteiger partial charge is 0.493 e. The van der Waals surface area contributed by atoms with Crippen molar-refractivity contribution in [1.82, 2.24) is 10.2 Å². The summed E-state index contributed by atoms with van der Waals surface area (Å²) in [6, 6.07) is 6.85. The lowest BCUT2D eigenvalue weighted by atomic mass is 10.1. The molecule has 1 aromatic heterocycles. The molecular formula is C12H11BrN2O3. The highest BCUT2D eigenvalue weighted by Crippen LogP contribution is 2.33. The van der Waals surface area contributed by atoms with Crippen molar-refractivity contribution in [2.45, 2.75) is 0 Å². The molecule has 0 aliphatic heterocycles. The lowest BCUT2D eigenvalue weighted by Gasteiger charge is -2.09. The van der Waals surface area contributed by atoms with Gasteiger partial charge in [-0.3, -0.25) is 4.79 Å². The van der Waals surface area contributed by atoms with Crippen LogP contribution in [-0.2, 0) is 0 Å². The quantitative estimate of drug-likeness (QED) is 0.944. The minimum atomic E-state index is -0.258. The van der Waals surface area contributed by atoms with Crippen LogP contribution in [0.5, 0.6) is 11.5 Å². The first-order chi connectivity index (χ1) is 8.65. The maximum absolute atomic E-state index is 11.1. The maximum atomic E-state index is 11.1. The van der Waals surface area contributed by atoms with Crippen LogP contribution in [0.15, 0.2) is 33.5 Å². The van der Waals surface area contributed by atoms with Gasteiger partial charge in [-0.15, -0.1) is 0 Å². The number of nitrogens with zero attached hydrogens (tertiary/aromatic N) is 1. The van der Waals surface area contributed by atoms with Crippen LogP contribution in [0, 0.1) is 0 Å². The van der Waals surface area contributed by atoms with E-state index in [2.05, 4.69) is 26.1 Å². The standard InChI is InChI=1S/C12H11BrN2O3/c1-17-9-4-3-7(5-10(9)18-2)12-8(13)6-11(16)14-15-12/h3-6H,1-2H3,(H,14,16). The summed E-state index contributed by atoms with van der Waals surface area (Å²) in [5.41, 5.74) is 1.19. The van der Waals surface area contributed by atoms with Gasteiger partial charge >= 0.3 is 0 Å². The molecule has 18 heavy (non-hydrogen) atoms. The van der Waals surface area contributed by atoms with Gasteiger partial charge in [0.05, 0.1) is 18.7 Å². The van der Waals surface area contributed by atoms with Crippen molar-refractivity contribution in [2.75, 3.05) is 14.2 Å². The van der Waals surface area contributed by atoms with Crippen molar-refractivity contribution >= 4 is 15.9 Å². The molecule has 0 fully saturated rings. The fourth-order valence-electron chi connectivity index (χ4n) is 1.57. The van der Waals surface area contributed by atoms with Crippen molar-refractivity contribution in [2.24, 2.45) is 0 Å². The van der Waals surface area contributed by atoms with Crippen LogP contribution in [0.2, 0.25) is 0 Å². The van der Waals surface area contributed by atoms with Crippen LogP contribution in [0.1, 0.15) is 0 Å². The highest BCUT2D eigenvalue weighted by molar-refractivity contribution is 9.10. The minimum absolute atomic E-state index is 0.258. The van der Waals surface area contributed by atoms with E-state index in [0.717, 1.165) is 5.56 Å². The third-order valence-electron chi connectivity index (χ3n) is 2.42. The minimum Gasteiger partial charge on any atom is -0.493 e. The third-order valence-corrected chi connectivity index (χ3v) is 3.02. The molecule has 0 bridgehead atoms. The molecule has 0 aliphatic carbocycles. The predicted molar refractivity (Wildman–Crippen MR) is 71.1 cm³/mol. The molecule has 6 heteroatoms. The third kappa shape index (κ3) is 2.38. The Kier molecular flexibility index (Phi) is 3.66. The fourth-order valence-corrected chi connectivity index (χ4v) is 2.09. The number of benzene rings is 1. The van der Waals surface area contributed by atoms with Crippen LogP contribution in [0.3, 0.4) is 0 Å². The summed E-state index contributed by atoms with van der Waals surface area (Å²) in [4.78, 5) is 11.1. The zero-order valence-electron chi connectivity index (χ0n) is 9.86. The summed E-state index contributed by atoms with van der Waals surface area (Å²) in [6.07, 6.45) is 0. The van der Waals surface area contributed by atoms with E-state index >= 15 is 0 Å². The Morgan fingerprint density at radius 1 is 1.17 bits per heavy atom. The predicted octanol–water partition coefficient (Wildman–Crippen LogP) is 2.22. The summed E-state index contributed by atoms with van der Waals surface area (Å²) in [5, 5.41) is 6.40. The van der Waals surface area contributed by atoms with Crippen molar-refractivity contribution < 1.29 is 9.47 Å².